The Bertz CT molecular complexity index is 522. The van der Waals surface area contributed by atoms with E-state index in [1.807, 2.05) is 31.2 Å². The van der Waals surface area contributed by atoms with E-state index in [0.717, 1.165) is 0 Å². The van der Waals surface area contributed by atoms with Gasteiger partial charge in [0.15, 0.2) is 0 Å². The minimum atomic E-state index is 0.222. The molecule has 0 unspecified atom stereocenters. The molecular formula is C12H11N3OS. The summed E-state index contributed by atoms with van der Waals surface area (Å²) in [6.07, 6.45) is 2.99. The summed E-state index contributed by atoms with van der Waals surface area (Å²) in [5.74, 6) is 1.13. The first-order valence-corrected chi connectivity index (χ1v) is 5.42. The number of aryl methyl sites for hydroxylation is 1. The van der Waals surface area contributed by atoms with Crippen molar-refractivity contribution in [1.82, 2.24) is 9.97 Å². The number of nitrogens with zero attached hydrogens (tertiary/aromatic N) is 2. The highest BCUT2D eigenvalue weighted by Crippen LogP contribution is 2.18. The van der Waals surface area contributed by atoms with E-state index in [2.05, 4.69) is 9.97 Å². The van der Waals surface area contributed by atoms with E-state index in [1.165, 1.54) is 18.0 Å². The maximum atomic E-state index is 5.51. The van der Waals surface area contributed by atoms with Crippen LogP contribution >= 0.6 is 12.2 Å². The summed E-state index contributed by atoms with van der Waals surface area (Å²) in [4.78, 5) is 8.33. The largest absolute Gasteiger partial charge is 0.438 e. The summed E-state index contributed by atoms with van der Waals surface area (Å²) < 4.78 is 5.51. The Kier molecular flexibility index (Phi) is 3.30. The molecule has 17 heavy (non-hydrogen) atoms. The van der Waals surface area contributed by atoms with Crippen molar-refractivity contribution in [3.8, 4) is 11.6 Å². The number of nitrogens with two attached hydrogens (primary N) is 1. The third-order valence-corrected chi connectivity index (χ3v) is 2.33. The number of hydrogen-bond acceptors (Lipinski definition) is 4. The van der Waals surface area contributed by atoms with Gasteiger partial charge in [-0.2, -0.15) is 0 Å². The third-order valence-electron chi connectivity index (χ3n) is 2.12. The quantitative estimate of drug-likeness (QED) is 0.840. The Balaban J connectivity index is 2.13. The highest BCUT2D eigenvalue weighted by atomic mass is 32.1. The third kappa shape index (κ3) is 2.98. The van der Waals surface area contributed by atoms with Crippen molar-refractivity contribution in [2.75, 3.05) is 0 Å². The van der Waals surface area contributed by atoms with E-state index < -0.39 is 0 Å². The van der Waals surface area contributed by atoms with Gasteiger partial charge in [-0.05, 0) is 19.1 Å². The van der Waals surface area contributed by atoms with Gasteiger partial charge in [0.1, 0.15) is 16.4 Å². The summed E-state index contributed by atoms with van der Waals surface area (Å²) >= 11 is 4.78. The number of rotatable bonds is 3. The van der Waals surface area contributed by atoms with Gasteiger partial charge in [0, 0.05) is 0 Å². The second kappa shape index (κ2) is 4.88. The van der Waals surface area contributed by atoms with Gasteiger partial charge < -0.3 is 10.5 Å². The standard InChI is InChI=1S/C12H11N3OS/c1-8-2-4-9(5-3-8)16-11-7-14-10(6-15-11)12(13)17/h2-7H,1H3,(H2,13,17). The Hall–Kier alpha value is -2.01. The first-order chi connectivity index (χ1) is 8.15. The molecule has 0 aliphatic heterocycles. The van der Waals surface area contributed by atoms with Gasteiger partial charge in [-0.1, -0.05) is 29.9 Å². The first kappa shape index (κ1) is 11.5. The minimum absolute atomic E-state index is 0.222. The molecule has 2 rings (SSSR count). The number of thiocarbonyl (C=S) groups is 1. The van der Waals surface area contributed by atoms with Crippen LogP contribution in [0.3, 0.4) is 0 Å². The van der Waals surface area contributed by atoms with Crippen LogP contribution in [-0.2, 0) is 0 Å². The van der Waals surface area contributed by atoms with Crippen molar-refractivity contribution in [3.05, 3.63) is 47.9 Å². The monoisotopic (exact) mass is 245 g/mol. The number of aromatic nitrogens is 2. The maximum Gasteiger partial charge on any atom is 0.237 e. The van der Waals surface area contributed by atoms with Gasteiger partial charge in [-0.15, -0.1) is 0 Å². The van der Waals surface area contributed by atoms with E-state index in [-0.39, 0.29) is 4.99 Å². The molecule has 2 N–H and O–H groups in total. The summed E-state index contributed by atoms with van der Waals surface area (Å²) in [7, 11) is 0. The Morgan fingerprint density at radius 2 is 1.88 bits per heavy atom. The molecule has 0 saturated heterocycles. The lowest BCUT2D eigenvalue weighted by atomic mass is 10.2. The summed E-state index contributed by atoms with van der Waals surface area (Å²) in [5.41, 5.74) is 7.08. The van der Waals surface area contributed by atoms with E-state index in [0.29, 0.717) is 17.3 Å². The minimum Gasteiger partial charge on any atom is -0.438 e. The van der Waals surface area contributed by atoms with Crippen LogP contribution in [0.5, 0.6) is 11.6 Å². The fourth-order valence-corrected chi connectivity index (χ4v) is 1.33. The highest BCUT2D eigenvalue weighted by Gasteiger charge is 2.01. The van der Waals surface area contributed by atoms with Crippen LogP contribution in [0.2, 0.25) is 0 Å². The van der Waals surface area contributed by atoms with Crippen molar-refractivity contribution in [2.45, 2.75) is 6.92 Å². The smallest absolute Gasteiger partial charge is 0.237 e. The lowest BCUT2D eigenvalue weighted by Gasteiger charge is -2.04. The number of benzene rings is 1. The first-order valence-electron chi connectivity index (χ1n) is 5.01. The van der Waals surface area contributed by atoms with Crippen molar-refractivity contribution >= 4 is 17.2 Å². The van der Waals surface area contributed by atoms with Crippen LogP contribution in [0.4, 0.5) is 0 Å². The van der Waals surface area contributed by atoms with Crippen LogP contribution in [0.25, 0.3) is 0 Å². The normalized spacial score (nSPS) is 9.94. The van der Waals surface area contributed by atoms with Crippen LogP contribution in [0.1, 0.15) is 11.3 Å². The van der Waals surface area contributed by atoms with Crippen LogP contribution in [-0.4, -0.2) is 15.0 Å². The van der Waals surface area contributed by atoms with Crippen molar-refractivity contribution < 1.29 is 4.74 Å². The fraction of sp³-hybridized carbons (Fsp3) is 0.0833. The molecule has 0 aliphatic rings. The zero-order chi connectivity index (χ0) is 12.3. The summed E-state index contributed by atoms with van der Waals surface area (Å²) in [6.45, 7) is 2.01. The zero-order valence-corrected chi connectivity index (χ0v) is 10.1. The van der Waals surface area contributed by atoms with Gasteiger partial charge >= 0.3 is 0 Å². The molecule has 0 spiro atoms. The number of ether oxygens (including phenoxy) is 1. The molecule has 0 aliphatic carbocycles. The molecule has 0 radical (unpaired) electrons. The van der Waals surface area contributed by atoms with E-state index >= 15 is 0 Å². The maximum absolute atomic E-state index is 5.51. The highest BCUT2D eigenvalue weighted by molar-refractivity contribution is 7.80. The van der Waals surface area contributed by atoms with Crippen molar-refractivity contribution in [2.24, 2.45) is 5.73 Å². The zero-order valence-electron chi connectivity index (χ0n) is 9.25. The number of hydrogen-bond donors (Lipinski definition) is 1. The SMILES string of the molecule is Cc1ccc(Oc2cnc(C(N)=S)cn2)cc1. The Labute approximate surface area is 104 Å². The van der Waals surface area contributed by atoms with Gasteiger partial charge in [0.25, 0.3) is 0 Å². The van der Waals surface area contributed by atoms with E-state index in [4.69, 9.17) is 22.7 Å². The molecule has 5 heteroatoms. The average molecular weight is 245 g/mol. The Morgan fingerprint density at radius 1 is 1.18 bits per heavy atom. The molecule has 1 aromatic heterocycles. The topological polar surface area (TPSA) is 61.0 Å². The predicted octanol–water partition coefficient (Wildman–Crippen LogP) is 2.21. The molecular weight excluding hydrogens is 234 g/mol. The molecule has 4 nitrogen and oxygen atoms in total. The molecule has 0 saturated carbocycles. The van der Waals surface area contributed by atoms with Crippen molar-refractivity contribution in [3.63, 3.8) is 0 Å². The van der Waals surface area contributed by atoms with Gasteiger partial charge in [-0.3, -0.25) is 0 Å². The van der Waals surface area contributed by atoms with Crippen molar-refractivity contribution in [1.29, 1.82) is 0 Å². The van der Waals surface area contributed by atoms with Gasteiger partial charge in [0.05, 0.1) is 12.4 Å². The molecule has 1 heterocycles. The van der Waals surface area contributed by atoms with Gasteiger partial charge in [0.2, 0.25) is 5.88 Å². The molecule has 86 valence electrons. The molecule has 0 amide bonds. The van der Waals surface area contributed by atoms with Crippen LogP contribution in [0.15, 0.2) is 36.7 Å². The van der Waals surface area contributed by atoms with Crippen LogP contribution < -0.4 is 10.5 Å². The van der Waals surface area contributed by atoms with E-state index in [1.54, 1.807) is 0 Å². The lowest BCUT2D eigenvalue weighted by Crippen LogP contribution is -2.11. The second-order valence-electron chi connectivity index (χ2n) is 3.52. The Morgan fingerprint density at radius 3 is 2.41 bits per heavy atom. The van der Waals surface area contributed by atoms with E-state index in [9.17, 15) is 0 Å². The molecule has 1 aromatic carbocycles. The molecule has 2 aromatic rings. The summed E-state index contributed by atoms with van der Waals surface area (Å²) in [6, 6.07) is 7.68. The fourth-order valence-electron chi connectivity index (χ4n) is 1.22. The summed E-state index contributed by atoms with van der Waals surface area (Å²) in [5, 5.41) is 0. The lowest BCUT2D eigenvalue weighted by molar-refractivity contribution is 0.460. The average Bonchev–Trinajstić information content (AvgIpc) is 2.33. The molecule has 0 fully saturated rings. The predicted molar refractivity (Wildman–Crippen MR) is 69.2 cm³/mol. The van der Waals surface area contributed by atoms with Gasteiger partial charge in [-0.25, -0.2) is 9.97 Å². The van der Waals surface area contributed by atoms with Crippen LogP contribution in [0, 0.1) is 6.92 Å². The second-order valence-corrected chi connectivity index (χ2v) is 3.96. The molecule has 0 atom stereocenters. The molecule has 0 bridgehead atoms.